The highest BCUT2D eigenvalue weighted by Gasteiger charge is 2.24. The van der Waals surface area contributed by atoms with Crippen molar-refractivity contribution in [2.24, 2.45) is 0 Å². The van der Waals surface area contributed by atoms with E-state index in [4.69, 9.17) is 10.1 Å². The van der Waals surface area contributed by atoms with E-state index in [2.05, 4.69) is 6.07 Å². The number of carbonyl (C=O) groups is 1. The first kappa shape index (κ1) is 13.2. The van der Waals surface area contributed by atoms with Crippen molar-refractivity contribution in [2.75, 3.05) is 0 Å². The molecule has 0 amide bonds. The molecule has 0 saturated heterocycles. The number of nitriles is 1. The lowest BCUT2D eigenvalue weighted by Gasteiger charge is -1.88. The number of aldehydes is 1. The first-order valence-corrected chi connectivity index (χ1v) is 3.93. The van der Waals surface area contributed by atoms with E-state index in [0.29, 0.717) is 6.42 Å². The third-order valence-electron chi connectivity index (χ3n) is 1.26. The van der Waals surface area contributed by atoms with Gasteiger partial charge in [-0.1, -0.05) is 30.3 Å². The highest BCUT2D eigenvalue weighted by Crippen LogP contribution is 2.08. The quantitative estimate of drug-likeness (QED) is 0.675. The molecule has 0 atom stereocenters. The molecule has 5 heteroatoms. The minimum Gasteiger partial charge on any atom is -0.293 e. The van der Waals surface area contributed by atoms with Crippen LogP contribution in [0.2, 0.25) is 0 Å². The fourth-order valence-electron chi connectivity index (χ4n) is 0.687. The standard InChI is InChI=1S/C8H7N.C2HF3O/c9-7-6-8-4-2-1-3-5-8;3-2(4,5)1-6/h1-5H,6H2;1H. The minimum absolute atomic E-state index is 0.515. The summed E-state index contributed by atoms with van der Waals surface area (Å²) in [6.45, 7) is 0. The van der Waals surface area contributed by atoms with Gasteiger partial charge in [0.25, 0.3) is 0 Å². The van der Waals surface area contributed by atoms with E-state index >= 15 is 0 Å². The average molecular weight is 215 g/mol. The summed E-state index contributed by atoms with van der Waals surface area (Å²) in [5.41, 5.74) is 1.08. The Morgan fingerprint density at radius 1 is 1.27 bits per heavy atom. The summed E-state index contributed by atoms with van der Waals surface area (Å²) >= 11 is 0. The molecule has 0 spiro atoms. The Labute approximate surface area is 84.9 Å². The van der Waals surface area contributed by atoms with Crippen LogP contribution in [0.25, 0.3) is 0 Å². The van der Waals surface area contributed by atoms with E-state index in [9.17, 15) is 13.2 Å². The SMILES string of the molecule is N#CCc1ccccc1.O=CC(F)(F)F. The van der Waals surface area contributed by atoms with Crippen LogP contribution in [0.4, 0.5) is 13.2 Å². The molecule has 1 aromatic carbocycles. The van der Waals surface area contributed by atoms with E-state index < -0.39 is 12.5 Å². The number of halogens is 3. The Morgan fingerprint density at radius 3 is 2.07 bits per heavy atom. The van der Waals surface area contributed by atoms with Crippen LogP contribution in [-0.2, 0) is 11.2 Å². The predicted molar refractivity (Wildman–Crippen MR) is 47.9 cm³/mol. The molecular formula is C10H8F3NO. The van der Waals surface area contributed by atoms with Crippen LogP contribution in [0.1, 0.15) is 5.56 Å². The van der Waals surface area contributed by atoms with Crippen molar-refractivity contribution in [3.8, 4) is 6.07 Å². The summed E-state index contributed by atoms with van der Waals surface area (Å²) in [5.74, 6) is 0. The van der Waals surface area contributed by atoms with E-state index in [1.165, 1.54) is 0 Å². The summed E-state index contributed by atoms with van der Waals surface area (Å²) in [6.07, 6.45) is -5.19. The molecule has 0 unspecified atom stereocenters. The van der Waals surface area contributed by atoms with Gasteiger partial charge >= 0.3 is 6.18 Å². The summed E-state index contributed by atoms with van der Waals surface area (Å²) in [6, 6.07) is 11.8. The molecule has 0 aliphatic rings. The van der Waals surface area contributed by atoms with Gasteiger partial charge in [-0.05, 0) is 5.56 Å². The molecule has 0 bridgehead atoms. The first-order chi connectivity index (χ1) is 6.99. The maximum atomic E-state index is 10.4. The number of hydrogen-bond acceptors (Lipinski definition) is 2. The van der Waals surface area contributed by atoms with Gasteiger partial charge in [-0.25, -0.2) is 0 Å². The molecule has 1 rings (SSSR count). The second kappa shape index (κ2) is 6.60. The Morgan fingerprint density at radius 2 is 1.73 bits per heavy atom. The van der Waals surface area contributed by atoms with Gasteiger partial charge in [0.15, 0.2) is 0 Å². The second-order valence-electron chi connectivity index (χ2n) is 2.48. The minimum atomic E-state index is -4.64. The van der Waals surface area contributed by atoms with E-state index in [1.807, 2.05) is 30.3 Å². The molecule has 0 saturated carbocycles. The summed E-state index contributed by atoms with van der Waals surface area (Å²) in [7, 11) is 0. The van der Waals surface area contributed by atoms with Crippen LogP contribution >= 0.6 is 0 Å². The Hall–Kier alpha value is -1.83. The zero-order valence-corrected chi connectivity index (χ0v) is 7.66. The van der Waals surface area contributed by atoms with Crippen LogP contribution in [0.3, 0.4) is 0 Å². The Balaban J connectivity index is 0.000000288. The van der Waals surface area contributed by atoms with Crippen LogP contribution in [0, 0.1) is 11.3 Å². The molecule has 80 valence electrons. The van der Waals surface area contributed by atoms with Crippen LogP contribution in [0.5, 0.6) is 0 Å². The van der Waals surface area contributed by atoms with Crippen molar-refractivity contribution >= 4 is 6.29 Å². The topological polar surface area (TPSA) is 40.9 Å². The summed E-state index contributed by atoms with van der Waals surface area (Å²) in [4.78, 5) is 8.70. The average Bonchev–Trinajstić information content (AvgIpc) is 2.20. The van der Waals surface area contributed by atoms with Crippen LogP contribution in [-0.4, -0.2) is 12.5 Å². The summed E-state index contributed by atoms with van der Waals surface area (Å²) in [5, 5.41) is 8.27. The Kier molecular flexibility index (Phi) is 5.79. The monoisotopic (exact) mass is 215 g/mol. The fourth-order valence-corrected chi connectivity index (χ4v) is 0.687. The smallest absolute Gasteiger partial charge is 0.293 e. The van der Waals surface area contributed by atoms with Gasteiger partial charge in [-0.15, -0.1) is 0 Å². The lowest BCUT2D eigenvalue weighted by Crippen LogP contribution is -2.07. The molecule has 0 aliphatic heterocycles. The molecular weight excluding hydrogens is 207 g/mol. The van der Waals surface area contributed by atoms with Crippen molar-refractivity contribution in [1.29, 1.82) is 5.26 Å². The third kappa shape index (κ3) is 8.50. The first-order valence-electron chi connectivity index (χ1n) is 3.93. The molecule has 2 nitrogen and oxygen atoms in total. The van der Waals surface area contributed by atoms with Gasteiger partial charge in [0, 0.05) is 0 Å². The largest absolute Gasteiger partial charge is 0.446 e. The number of nitrogens with zero attached hydrogens (tertiary/aromatic N) is 1. The molecule has 1 aromatic rings. The molecule has 0 N–H and O–H groups in total. The van der Waals surface area contributed by atoms with Crippen LogP contribution < -0.4 is 0 Å². The number of rotatable bonds is 1. The zero-order chi connectivity index (χ0) is 11.7. The Bertz CT molecular complexity index is 327. The van der Waals surface area contributed by atoms with Crippen LogP contribution in [0.15, 0.2) is 30.3 Å². The third-order valence-corrected chi connectivity index (χ3v) is 1.26. The van der Waals surface area contributed by atoms with Gasteiger partial charge < -0.3 is 0 Å². The fraction of sp³-hybridized carbons (Fsp3) is 0.200. The number of carbonyl (C=O) groups excluding carboxylic acids is 1. The van der Waals surface area contributed by atoms with Crippen molar-refractivity contribution in [3.05, 3.63) is 35.9 Å². The van der Waals surface area contributed by atoms with Crippen molar-refractivity contribution in [3.63, 3.8) is 0 Å². The van der Waals surface area contributed by atoms with Gasteiger partial charge in [0.05, 0.1) is 12.5 Å². The zero-order valence-electron chi connectivity index (χ0n) is 7.66. The lowest BCUT2D eigenvalue weighted by atomic mass is 10.2. The highest BCUT2D eigenvalue weighted by molar-refractivity contribution is 5.56. The lowest BCUT2D eigenvalue weighted by molar-refractivity contribution is -0.156. The highest BCUT2D eigenvalue weighted by atomic mass is 19.4. The number of benzene rings is 1. The summed E-state index contributed by atoms with van der Waals surface area (Å²) < 4.78 is 31.2. The van der Waals surface area contributed by atoms with E-state index in [1.54, 1.807) is 0 Å². The normalized spacial score (nSPS) is 9.47. The van der Waals surface area contributed by atoms with Gasteiger partial charge in [-0.2, -0.15) is 18.4 Å². The van der Waals surface area contributed by atoms with E-state index in [-0.39, 0.29) is 0 Å². The molecule has 0 aromatic heterocycles. The molecule has 0 heterocycles. The maximum Gasteiger partial charge on any atom is 0.446 e. The molecule has 0 fully saturated rings. The molecule has 0 aliphatic carbocycles. The molecule has 0 radical (unpaired) electrons. The maximum absolute atomic E-state index is 10.4. The second-order valence-corrected chi connectivity index (χ2v) is 2.48. The van der Waals surface area contributed by atoms with Gasteiger partial charge in [0.2, 0.25) is 6.29 Å². The van der Waals surface area contributed by atoms with Gasteiger partial charge in [0.1, 0.15) is 0 Å². The molecule has 15 heavy (non-hydrogen) atoms. The van der Waals surface area contributed by atoms with E-state index in [0.717, 1.165) is 5.56 Å². The predicted octanol–water partition coefficient (Wildman–Crippen LogP) is 2.50. The number of hydrogen-bond donors (Lipinski definition) is 0. The van der Waals surface area contributed by atoms with Gasteiger partial charge in [-0.3, -0.25) is 4.79 Å². The number of alkyl halides is 3. The van der Waals surface area contributed by atoms with Crippen molar-refractivity contribution in [1.82, 2.24) is 0 Å². The van der Waals surface area contributed by atoms with Crippen molar-refractivity contribution < 1.29 is 18.0 Å². The van der Waals surface area contributed by atoms with Crippen molar-refractivity contribution in [2.45, 2.75) is 12.6 Å².